The molecule has 0 saturated carbocycles. The smallest absolute Gasteiger partial charge is 0.268 e. The van der Waals surface area contributed by atoms with E-state index in [2.05, 4.69) is 193 Å². The van der Waals surface area contributed by atoms with Crippen LogP contribution in [0.2, 0.25) is 0 Å². The van der Waals surface area contributed by atoms with Gasteiger partial charge < -0.3 is 49.5 Å². The molecule has 35 heteroatoms. The van der Waals surface area contributed by atoms with Crippen LogP contribution in [-0.2, 0) is 21.0 Å². The molecule has 5 aromatic heterocycles. The molecule has 0 spiro atoms. The second-order valence-electron chi connectivity index (χ2n) is 25.1. The summed E-state index contributed by atoms with van der Waals surface area (Å²) in [6, 6.07) is 47.4. The quantitative estimate of drug-likeness (QED) is 0.0378. The molecule has 0 unspecified atom stereocenters. The highest BCUT2D eigenvalue weighted by molar-refractivity contribution is 9.11. The Hall–Kier alpha value is -11.2. The third kappa shape index (κ3) is 26.0. The summed E-state index contributed by atoms with van der Waals surface area (Å²) in [7, 11) is 0. The van der Waals surface area contributed by atoms with Gasteiger partial charge >= 0.3 is 0 Å². The summed E-state index contributed by atoms with van der Waals surface area (Å²) in [4.78, 5) is 94.6. The predicted molar refractivity (Wildman–Crippen MR) is 460 cm³/mol. The van der Waals surface area contributed by atoms with Crippen molar-refractivity contribution in [3.05, 3.63) is 246 Å². The second kappa shape index (κ2) is 41.2. The minimum atomic E-state index is -0.715. The van der Waals surface area contributed by atoms with Crippen LogP contribution in [0.3, 0.4) is 0 Å². The number of hydrogen-bond acceptors (Lipinski definition) is 24. The van der Waals surface area contributed by atoms with Crippen LogP contribution in [0.4, 0.5) is 51.4 Å². The summed E-state index contributed by atoms with van der Waals surface area (Å²) < 4.78 is 3.31. The van der Waals surface area contributed by atoms with Crippen LogP contribution in [0.25, 0.3) is 10.3 Å². The molecule has 11 rings (SSSR count). The van der Waals surface area contributed by atoms with Gasteiger partial charge in [-0.3, -0.25) is 24.0 Å². The number of aromatic nitrogens is 8. The third-order valence-corrected chi connectivity index (χ3v) is 19.7. The number of anilines is 9. The number of thiophene rings is 1. The number of benzene rings is 6. The molecule has 0 aliphatic rings. The molecule has 0 saturated heterocycles. The predicted octanol–water partition coefficient (Wildman–Crippen LogP) is 17.3. The Morgan fingerprint density at radius 1 is 0.446 bits per heavy atom. The van der Waals surface area contributed by atoms with Gasteiger partial charge in [0.1, 0.15) is 55.0 Å². The van der Waals surface area contributed by atoms with Crippen molar-refractivity contribution in [3.8, 4) is 30.3 Å². The monoisotopic (exact) mass is 1920 g/mol. The van der Waals surface area contributed by atoms with Crippen molar-refractivity contribution in [1.82, 2.24) is 39.9 Å². The Balaban J connectivity index is 0.000000225. The van der Waals surface area contributed by atoms with Crippen molar-refractivity contribution in [1.29, 1.82) is 26.3 Å². The van der Waals surface area contributed by atoms with Crippen molar-refractivity contribution in [2.45, 2.75) is 78.6 Å². The largest absolute Gasteiger partial charge is 0.398 e. The lowest BCUT2D eigenvalue weighted by Gasteiger charge is -2.17. The van der Waals surface area contributed by atoms with Gasteiger partial charge in [-0.2, -0.15) is 38.9 Å². The summed E-state index contributed by atoms with van der Waals surface area (Å²) in [5, 5.41) is 58.8. The molecular formula is C77H68Br6N22O5S2. The van der Waals surface area contributed by atoms with Crippen molar-refractivity contribution in [3.63, 3.8) is 0 Å². The topological polar surface area (TPSA) is 472 Å². The van der Waals surface area contributed by atoms with Gasteiger partial charge in [-0.1, -0.05) is 54.6 Å². The Kier molecular flexibility index (Phi) is 33.0. The van der Waals surface area contributed by atoms with Crippen molar-refractivity contribution >= 4 is 211 Å². The van der Waals surface area contributed by atoms with Crippen LogP contribution < -0.4 is 49.5 Å². The Morgan fingerprint density at radius 2 is 0.839 bits per heavy atom. The molecule has 0 atom stereocenters. The number of nitrogens with zero attached hydrogens (tertiary/aromatic N) is 13. The van der Waals surface area contributed by atoms with E-state index in [1.165, 1.54) is 12.4 Å². The number of thiol groups is 1. The van der Waals surface area contributed by atoms with E-state index in [0.717, 1.165) is 44.7 Å². The zero-order valence-electron chi connectivity index (χ0n) is 60.9. The molecule has 5 amide bonds. The molecule has 0 radical (unpaired) electrons. The lowest BCUT2D eigenvalue weighted by Crippen LogP contribution is -2.17. The zero-order valence-corrected chi connectivity index (χ0v) is 72.2. The molecule has 0 aliphatic carbocycles. The van der Waals surface area contributed by atoms with E-state index in [4.69, 9.17) is 33.5 Å². The van der Waals surface area contributed by atoms with E-state index in [1.54, 1.807) is 131 Å². The summed E-state index contributed by atoms with van der Waals surface area (Å²) in [5.74, 6) is -0.790. The van der Waals surface area contributed by atoms with E-state index < -0.39 is 16.2 Å². The average molecular weight is 1930 g/mol. The highest BCUT2D eigenvalue weighted by atomic mass is 79.9. The molecule has 11 aromatic rings. The van der Waals surface area contributed by atoms with E-state index in [1.807, 2.05) is 83.2 Å². The molecule has 0 bridgehead atoms. The van der Waals surface area contributed by atoms with Crippen LogP contribution in [0.1, 0.15) is 127 Å². The Labute approximate surface area is 705 Å². The molecule has 112 heavy (non-hydrogen) atoms. The first-order valence-electron chi connectivity index (χ1n) is 32.6. The first-order chi connectivity index (χ1) is 52.8. The minimum absolute atomic E-state index is 0.0809. The first-order valence-corrected chi connectivity index (χ1v) is 38.8. The van der Waals surface area contributed by atoms with Crippen molar-refractivity contribution in [2.24, 2.45) is 0 Å². The number of nitrogen functional groups attached to an aromatic ring is 4. The lowest BCUT2D eigenvalue weighted by atomic mass is 9.85. The number of nitrogens with two attached hydrogens (primary N) is 4. The average Bonchev–Trinajstić information content (AvgIpc) is 1.60. The molecule has 13 N–H and O–H groups in total. The van der Waals surface area contributed by atoms with Crippen LogP contribution in [0, 0.1) is 77.4 Å². The molecule has 27 nitrogen and oxygen atoms in total. The summed E-state index contributed by atoms with van der Waals surface area (Å²) in [6.07, 6.45) is 6.05. The van der Waals surface area contributed by atoms with Gasteiger partial charge in [0, 0.05) is 50.8 Å². The molecule has 5 heterocycles. The van der Waals surface area contributed by atoms with E-state index in [0.29, 0.717) is 99.5 Å². The fourth-order valence-electron chi connectivity index (χ4n) is 8.98. The molecular weight excluding hydrogens is 1860 g/mol. The number of nitrogens with one attached hydrogen (secondary N) is 5. The number of hydrogen-bond donors (Lipinski definition) is 10. The van der Waals surface area contributed by atoms with Gasteiger partial charge in [0.15, 0.2) is 23.0 Å². The van der Waals surface area contributed by atoms with E-state index in [-0.39, 0.29) is 58.2 Å². The molecule has 0 aliphatic heterocycles. The summed E-state index contributed by atoms with van der Waals surface area (Å²) >= 11 is 23.8. The lowest BCUT2D eigenvalue weighted by molar-refractivity contribution is -0.113. The van der Waals surface area contributed by atoms with Gasteiger partial charge in [0.25, 0.3) is 23.6 Å². The summed E-state index contributed by atoms with van der Waals surface area (Å²) in [6.45, 7) is 16.5. The molecule has 0 fully saturated rings. The fourth-order valence-corrected chi connectivity index (χ4v) is 11.9. The van der Waals surface area contributed by atoms with Crippen LogP contribution >= 0.6 is 120 Å². The highest BCUT2D eigenvalue weighted by Gasteiger charge is 2.25. The van der Waals surface area contributed by atoms with Crippen LogP contribution in [0.15, 0.2) is 180 Å². The third-order valence-electron chi connectivity index (χ3n) is 15.6. The number of nitriles is 5. The maximum atomic E-state index is 13.0. The van der Waals surface area contributed by atoms with Gasteiger partial charge in [-0.25, -0.2) is 39.9 Å². The highest BCUT2D eigenvalue weighted by Crippen LogP contribution is 2.34. The van der Waals surface area contributed by atoms with Crippen molar-refractivity contribution < 1.29 is 24.0 Å². The van der Waals surface area contributed by atoms with Crippen LogP contribution in [-0.4, -0.2) is 75.2 Å². The fraction of sp³-hybridized carbons (Fsp3) is 0.169. The SMILES string of the molecule is Cc1ccc(NC(=O)c2cccc(C(C)(C)C#N)c2)cc1N.Cc1ccc(NC(=O)c2cccc(C(C)(C)C#N)c2)cc1NC(=O)CS.Cc1ccc(NC(=O)c2cccc(C(C)(C)C#N)c2)cc1NC(=O)c1sc2ncc(Br)nc2c1N.N#Cc1nc(Br)cnc1Br.N#Cc1nc(Br)cnc1N.Nc1ncc(Br)nc1Br. The number of amides is 5. The molecule has 6 aromatic carbocycles. The number of rotatable bonds is 13. The second-order valence-corrected chi connectivity index (χ2v) is 31.2. The Bertz CT molecular complexity index is 5540. The molecule has 570 valence electrons. The summed E-state index contributed by atoms with van der Waals surface area (Å²) in [5.41, 5.74) is 31.7. The maximum Gasteiger partial charge on any atom is 0.268 e. The number of carbonyl (C=O) groups excluding carboxylic acids is 5. The van der Waals surface area contributed by atoms with E-state index >= 15 is 0 Å². The van der Waals surface area contributed by atoms with E-state index in [9.17, 15) is 39.8 Å². The minimum Gasteiger partial charge on any atom is -0.398 e. The van der Waals surface area contributed by atoms with Gasteiger partial charge in [-0.05, 0) is 264 Å². The van der Waals surface area contributed by atoms with Gasteiger partial charge in [-0.15, -0.1) is 11.3 Å². The van der Waals surface area contributed by atoms with Crippen molar-refractivity contribution in [2.75, 3.05) is 55.3 Å². The number of aryl methyl sites for hydroxylation is 3. The Morgan fingerprint density at radius 3 is 1.24 bits per heavy atom. The van der Waals surface area contributed by atoms with Gasteiger partial charge in [0.2, 0.25) is 5.91 Å². The maximum absolute atomic E-state index is 13.0. The zero-order chi connectivity index (χ0) is 82.9. The number of halogens is 6. The normalized spacial score (nSPS) is 10.5. The van der Waals surface area contributed by atoms with Gasteiger partial charge in [0.05, 0.1) is 70.7 Å². The number of fused-ring (bicyclic) bond motifs is 1. The van der Waals surface area contributed by atoms with Crippen LogP contribution in [0.5, 0.6) is 0 Å². The number of carbonyl (C=O) groups is 5. The standard InChI is InChI=1S/C25H21BrN6O2S.C20H21N3O2S.C18H19N3O.C5HBr2N3.C5H3BrN4.C4H3Br2N3/c1-13-7-8-16(30-22(33)14-5-4-6-15(9-14)25(2,3)12-27)10-17(13)31-23(34)21-19(28)20-24(35-21)29-11-18(26)32-20;1-13-7-8-16(10-17(13)23-18(24)11-26)22-19(25)14-5-4-6-15(9-14)20(2,3)12-21;1-12-7-8-15(10-16(12)20)21-17(22)13-5-4-6-14(9-13)18(2,3)11-19;6-4-2-9-5(7)3(1-8)10-4;6-4-2-9-5(8)3(1-7)10-4;5-2-1-8-4(7)3(6)9-2/h4-11H,28H2,1-3H3,(H,30,33)(H,31,34);4-10,26H,11H2,1-3H3,(H,22,25)(H,23,24);4-10H,20H2,1-3H3,(H,21,22);2H;2H,(H2,8,9);1H,(H2,7,8). The first kappa shape index (κ1) is 89.7.